The number of fused-ring (bicyclic) bond motifs is 1. The molecule has 1 saturated heterocycles. The Morgan fingerprint density at radius 1 is 1.23 bits per heavy atom. The Kier molecular flexibility index (Phi) is 5.08. The van der Waals surface area contributed by atoms with E-state index in [2.05, 4.69) is 15.7 Å². The Labute approximate surface area is 175 Å². The minimum Gasteiger partial charge on any atom is -0.495 e. The third-order valence-corrected chi connectivity index (χ3v) is 5.00. The lowest BCUT2D eigenvalue weighted by molar-refractivity contribution is -0.123. The molecule has 9 nitrogen and oxygen atoms in total. The topological polar surface area (TPSA) is 104 Å². The van der Waals surface area contributed by atoms with E-state index in [1.165, 1.54) is 43.5 Å². The van der Waals surface area contributed by atoms with Gasteiger partial charge in [-0.15, -0.1) is 0 Å². The number of benzene rings is 2. The van der Waals surface area contributed by atoms with Crippen LogP contribution in [0.2, 0.25) is 5.02 Å². The quantitative estimate of drug-likeness (QED) is 0.732. The number of nitrogens with one attached hydrogen (secondary N) is 1. The third kappa shape index (κ3) is 3.35. The first-order chi connectivity index (χ1) is 14.4. The summed E-state index contributed by atoms with van der Waals surface area (Å²) in [5.74, 6) is -1.97. The molecule has 1 fully saturated rings. The summed E-state index contributed by atoms with van der Waals surface area (Å²) < 4.78 is 18.8. The molecule has 1 N–H and O–H groups in total. The molecule has 4 rings (SSSR count). The van der Waals surface area contributed by atoms with Gasteiger partial charge >= 0.3 is 0 Å². The summed E-state index contributed by atoms with van der Waals surface area (Å²) in [4.78, 5) is 38.9. The van der Waals surface area contributed by atoms with Crippen LogP contribution in [0.3, 0.4) is 0 Å². The van der Waals surface area contributed by atoms with E-state index in [9.17, 15) is 18.8 Å². The fourth-order valence-electron chi connectivity index (χ4n) is 3.30. The predicted molar refractivity (Wildman–Crippen MR) is 105 cm³/mol. The van der Waals surface area contributed by atoms with Gasteiger partial charge in [0.2, 0.25) is 5.91 Å². The molecular weight excluding hydrogens is 417 g/mol. The number of ether oxygens (including phenoxy) is 1. The van der Waals surface area contributed by atoms with E-state index < -0.39 is 35.6 Å². The number of anilines is 2. The Hall–Kier alpha value is -3.53. The van der Waals surface area contributed by atoms with Gasteiger partial charge in [-0.25, -0.2) is 9.29 Å². The van der Waals surface area contributed by atoms with Gasteiger partial charge in [0.1, 0.15) is 18.1 Å². The zero-order valence-corrected chi connectivity index (χ0v) is 16.3. The van der Waals surface area contributed by atoms with Crippen LogP contribution in [-0.4, -0.2) is 48.5 Å². The van der Waals surface area contributed by atoms with Crippen LogP contribution in [0, 0.1) is 5.82 Å². The van der Waals surface area contributed by atoms with Gasteiger partial charge in [0, 0.05) is 0 Å². The van der Waals surface area contributed by atoms with Gasteiger partial charge in [0.15, 0.2) is 12.1 Å². The van der Waals surface area contributed by atoms with Gasteiger partial charge < -0.3 is 10.1 Å². The van der Waals surface area contributed by atoms with Gasteiger partial charge in [-0.1, -0.05) is 29.0 Å². The number of nitrogens with zero attached hydrogens (tertiary/aromatic N) is 4. The number of imide groups is 1. The molecule has 2 aromatic carbocycles. The Balaban J connectivity index is 1.51. The number of carbonyl (C=O) groups excluding carboxylic acids is 3. The maximum absolute atomic E-state index is 13.7. The number of halogens is 2. The summed E-state index contributed by atoms with van der Waals surface area (Å²) >= 11 is 6.10. The molecule has 2 aromatic rings. The minimum atomic E-state index is -1.07. The molecule has 2 aliphatic heterocycles. The van der Waals surface area contributed by atoms with E-state index in [-0.39, 0.29) is 22.9 Å². The molecule has 154 valence electrons. The van der Waals surface area contributed by atoms with Gasteiger partial charge in [-0.05, 0) is 30.3 Å². The monoisotopic (exact) mass is 431 g/mol. The second kappa shape index (κ2) is 7.71. The summed E-state index contributed by atoms with van der Waals surface area (Å²) in [5, 5.41) is 11.4. The fraction of sp³-hybridized carbons (Fsp3) is 0.211. The van der Waals surface area contributed by atoms with Crippen molar-refractivity contribution >= 4 is 40.7 Å². The molecule has 2 atom stereocenters. The number of hydrogen-bond donors (Lipinski definition) is 1. The molecule has 3 amide bonds. The highest BCUT2D eigenvalue weighted by Gasteiger charge is 2.55. The van der Waals surface area contributed by atoms with Gasteiger partial charge in [-0.3, -0.25) is 19.4 Å². The fourth-order valence-corrected chi connectivity index (χ4v) is 3.55. The van der Waals surface area contributed by atoms with Crippen LogP contribution in [0.4, 0.5) is 15.8 Å². The maximum atomic E-state index is 13.7. The van der Waals surface area contributed by atoms with Crippen molar-refractivity contribution in [3.05, 3.63) is 53.3 Å². The number of amides is 3. The Bertz CT molecular complexity index is 1080. The lowest BCUT2D eigenvalue weighted by Gasteiger charge is -2.20. The first-order valence-corrected chi connectivity index (χ1v) is 9.21. The van der Waals surface area contributed by atoms with Gasteiger partial charge in [-0.2, -0.15) is 5.11 Å². The summed E-state index contributed by atoms with van der Waals surface area (Å²) in [7, 11) is 1.45. The van der Waals surface area contributed by atoms with Crippen molar-refractivity contribution in [2.24, 2.45) is 10.3 Å². The van der Waals surface area contributed by atoms with Crippen molar-refractivity contribution < 1.29 is 23.5 Å². The highest BCUT2D eigenvalue weighted by Crippen LogP contribution is 2.35. The van der Waals surface area contributed by atoms with Crippen molar-refractivity contribution in [1.29, 1.82) is 0 Å². The lowest BCUT2D eigenvalue weighted by atomic mass is 10.1. The van der Waals surface area contributed by atoms with Gasteiger partial charge in [0.05, 0.1) is 23.5 Å². The molecule has 0 radical (unpaired) electrons. The second-order valence-electron chi connectivity index (χ2n) is 6.55. The van der Waals surface area contributed by atoms with Crippen LogP contribution >= 0.6 is 11.6 Å². The average molecular weight is 432 g/mol. The molecule has 0 unspecified atom stereocenters. The molecule has 0 saturated carbocycles. The lowest BCUT2D eigenvalue weighted by Crippen LogP contribution is -2.43. The van der Waals surface area contributed by atoms with E-state index in [0.717, 1.165) is 9.91 Å². The second-order valence-corrected chi connectivity index (χ2v) is 6.96. The van der Waals surface area contributed by atoms with E-state index in [1.807, 2.05) is 0 Å². The number of hydrogen-bond acceptors (Lipinski definition) is 7. The van der Waals surface area contributed by atoms with E-state index >= 15 is 0 Å². The number of para-hydroxylation sites is 1. The highest BCUT2D eigenvalue weighted by molar-refractivity contribution is 6.33. The molecule has 30 heavy (non-hydrogen) atoms. The van der Waals surface area contributed by atoms with Crippen molar-refractivity contribution in [2.45, 2.75) is 12.1 Å². The Morgan fingerprint density at radius 2 is 2.00 bits per heavy atom. The molecule has 0 aliphatic carbocycles. The van der Waals surface area contributed by atoms with Crippen LogP contribution in [0.1, 0.15) is 0 Å². The standard InChI is InChI=1S/C19H15ClFN5O4/c1-30-14-7-6-10(8-11(14)20)26-18(28)16-17(19(26)29)25(24-23-16)9-15(27)22-13-5-3-2-4-12(13)21/h2-8,16-17H,9H2,1H3,(H,22,27)/t16-,17-/m1/s1. The average Bonchev–Trinajstić information content (AvgIpc) is 3.23. The summed E-state index contributed by atoms with van der Waals surface area (Å²) in [6, 6.07) is 8.03. The van der Waals surface area contributed by atoms with Crippen molar-refractivity contribution in [3.8, 4) is 5.75 Å². The van der Waals surface area contributed by atoms with Crippen LogP contribution in [0.5, 0.6) is 5.75 Å². The molecule has 2 aliphatic rings. The molecule has 0 spiro atoms. The summed E-state index contributed by atoms with van der Waals surface area (Å²) in [6.07, 6.45) is 0. The van der Waals surface area contributed by atoms with Crippen LogP contribution in [0.25, 0.3) is 0 Å². The van der Waals surface area contributed by atoms with Crippen molar-refractivity contribution in [1.82, 2.24) is 5.01 Å². The zero-order chi connectivity index (χ0) is 21.4. The molecule has 11 heteroatoms. The first-order valence-electron chi connectivity index (χ1n) is 8.84. The zero-order valence-electron chi connectivity index (χ0n) is 15.6. The van der Waals surface area contributed by atoms with Crippen molar-refractivity contribution in [3.63, 3.8) is 0 Å². The van der Waals surface area contributed by atoms with E-state index in [1.54, 1.807) is 6.07 Å². The molecule has 0 aromatic heterocycles. The summed E-state index contributed by atoms with van der Waals surface area (Å²) in [5.41, 5.74) is 0.259. The van der Waals surface area contributed by atoms with Crippen LogP contribution in [-0.2, 0) is 14.4 Å². The largest absolute Gasteiger partial charge is 0.495 e. The molecule has 0 bridgehead atoms. The number of rotatable bonds is 5. The molecular formula is C19H15ClFN5O4. The Morgan fingerprint density at radius 3 is 2.70 bits per heavy atom. The van der Waals surface area contributed by atoms with Gasteiger partial charge in [0.25, 0.3) is 11.8 Å². The third-order valence-electron chi connectivity index (χ3n) is 4.71. The van der Waals surface area contributed by atoms with Crippen LogP contribution in [0.15, 0.2) is 52.8 Å². The van der Waals surface area contributed by atoms with Crippen molar-refractivity contribution in [2.75, 3.05) is 23.9 Å². The highest BCUT2D eigenvalue weighted by atomic mass is 35.5. The van der Waals surface area contributed by atoms with E-state index in [0.29, 0.717) is 5.75 Å². The number of carbonyl (C=O) groups is 3. The SMILES string of the molecule is COc1ccc(N2C(=O)[C@@H]3N=NN(CC(=O)Nc4ccccc4F)[C@H]3C2=O)cc1Cl. The predicted octanol–water partition coefficient (Wildman–Crippen LogP) is 2.42. The van der Waals surface area contributed by atoms with Crippen LogP contribution < -0.4 is 15.0 Å². The maximum Gasteiger partial charge on any atom is 0.263 e. The smallest absolute Gasteiger partial charge is 0.263 e. The normalized spacial score (nSPS) is 20.0. The summed E-state index contributed by atoms with van der Waals surface area (Å²) in [6.45, 7) is -0.380. The first kappa shape index (κ1) is 19.8. The molecule has 2 heterocycles. The van der Waals surface area contributed by atoms with E-state index in [4.69, 9.17) is 16.3 Å². The minimum absolute atomic E-state index is 0.00138. The number of methoxy groups -OCH3 is 1.